The standard InChI is InChI=1S/C11H12F2O3S/c12-9-2-1-8(10(13)5-9)6-11(14)3-4-17(15,16)7-11/h1-2,5,14H,3-4,6-7H2. The Morgan fingerprint density at radius 1 is 1.35 bits per heavy atom. The van der Waals surface area contributed by atoms with E-state index in [-0.39, 0.29) is 29.9 Å². The summed E-state index contributed by atoms with van der Waals surface area (Å²) < 4.78 is 48.6. The summed E-state index contributed by atoms with van der Waals surface area (Å²) in [5.74, 6) is -1.91. The molecule has 1 aliphatic heterocycles. The van der Waals surface area contributed by atoms with E-state index < -0.39 is 27.1 Å². The van der Waals surface area contributed by atoms with Crippen molar-refractivity contribution in [2.45, 2.75) is 18.4 Å². The molecule has 1 atom stereocenters. The average Bonchev–Trinajstić information content (AvgIpc) is 2.46. The Kier molecular flexibility index (Phi) is 2.95. The van der Waals surface area contributed by atoms with Gasteiger partial charge in [0.2, 0.25) is 0 Å². The molecule has 0 aliphatic carbocycles. The number of sulfone groups is 1. The Bertz CT molecular complexity index is 542. The lowest BCUT2D eigenvalue weighted by Crippen LogP contribution is -2.33. The molecular formula is C11H12F2O3S. The van der Waals surface area contributed by atoms with E-state index in [1.165, 1.54) is 6.07 Å². The van der Waals surface area contributed by atoms with Crippen molar-refractivity contribution in [2.24, 2.45) is 0 Å². The second kappa shape index (κ2) is 4.03. The first-order chi connectivity index (χ1) is 7.80. The third kappa shape index (κ3) is 2.81. The van der Waals surface area contributed by atoms with Crippen LogP contribution in [0.2, 0.25) is 0 Å². The molecule has 94 valence electrons. The molecule has 0 saturated carbocycles. The van der Waals surface area contributed by atoms with E-state index in [0.29, 0.717) is 0 Å². The smallest absolute Gasteiger partial charge is 0.153 e. The second-order valence-corrected chi connectivity index (χ2v) is 6.66. The summed E-state index contributed by atoms with van der Waals surface area (Å²) in [6, 6.07) is 3.04. The van der Waals surface area contributed by atoms with Gasteiger partial charge in [-0.05, 0) is 18.1 Å². The maximum atomic E-state index is 13.4. The van der Waals surface area contributed by atoms with E-state index in [1.54, 1.807) is 0 Å². The Hall–Kier alpha value is -1.01. The predicted octanol–water partition coefficient (Wildman–Crippen LogP) is 1.06. The summed E-state index contributed by atoms with van der Waals surface area (Å²) in [7, 11) is -3.24. The van der Waals surface area contributed by atoms with Gasteiger partial charge >= 0.3 is 0 Å². The summed E-state index contributed by atoms with van der Waals surface area (Å²) in [5.41, 5.74) is -1.30. The van der Waals surface area contributed by atoms with Gasteiger partial charge in [0, 0.05) is 12.5 Å². The highest BCUT2D eigenvalue weighted by Gasteiger charge is 2.40. The van der Waals surface area contributed by atoms with Gasteiger partial charge in [-0.15, -0.1) is 0 Å². The molecule has 17 heavy (non-hydrogen) atoms. The minimum Gasteiger partial charge on any atom is -0.388 e. The van der Waals surface area contributed by atoms with Gasteiger partial charge in [0.05, 0.1) is 17.1 Å². The minimum atomic E-state index is -3.24. The van der Waals surface area contributed by atoms with Crippen LogP contribution >= 0.6 is 0 Å². The van der Waals surface area contributed by atoms with Crippen molar-refractivity contribution in [3.63, 3.8) is 0 Å². The molecule has 2 rings (SSSR count). The summed E-state index contributed by atoms with van der Waals surface area (Å²) in [6.45, 7) is 0. The van der Waals surface area contributed by atoms with Crippen LogP contribution in [0.3, 0.4) is 0 Å². The molecular weight excluding hydrogens is 250 g/mol. The first-order valence-electron chi connectivity index (χ1n) is 5.16. The summed E-state index contributed by atoms with van der Waals surface area (Å²) in [6.07, 6.45) is -0.0233. The topological polar surface area (TPSA) is 54.4 Å². The third-order valence-corrected chi connectivity index (χ3v) is 4.70. The largest absolute Gasteiger partial charge is 0.388 e. The molecule has 0 spiro atoms. The highest BCUT2D eigenvalue weighted by atomic mass is 32.2. The van der Waals surface area contributed by atoms with Gasteiger partial charge in [-0.25, -0.2) is 17.2 Å². The fraction of sp³-hybridized carbons (Fsp3) is 0.455. The molecule has 0 aromatic heterocycles. The predicted molar refractivity (Wildman–Crippen MR) is 58.3 cm³/mol. The van der Waals surface area contributed by atoms with Gasteiger partial charge in [-0.3, -0.25) is 0 Å². The second-order valence-electron chi connectivity index (χ2n) is 4.48. The lowest BCUT2D eigenvalue weighted by Gasteiger charge is -2.20. The molecule has 1 unspecified atom stereocenters. The van der Waals surface area contributed by atoms with Gasteiger partial charge in [0.25, 0.3) is 0 Å². The van der Waals surface area contributed by atoms with Crippen LogP contribution in [0.1, 0.15) is 12.0 Å². The lowest BCUT2D eigenvalue weighted by molar-refractivity contribution is 0.0672. The maximum Gasteiger partial charge on any atom is 0.153 e. The van der Waals surface area contributed by atoms with Crippen molar-refractivity contribution < 1.29 is 22.3 Å². The molecule has 1 aromatic carbocycles. The monoisotopic (exact) mass is 262 g/mol. The van der Waals surface area contributed by atoms with Crippen molar-refractivity contribution in [3.8, 4) is 0 Å². The van der Waals surface area contributed by atoms with E-state index >= 15 is 0 Å². The average molecular weight is 262 g/mol. The molecule has 6 heteroatoms. The van der Waals surface area contributed by atoms with Gasteiger partial charge in [0.1, 0.15) is 11.6 Å². The number of aliphatic hydroxyl groups is 1. The third-order valence-electron chi connectivity index (χ3n) is 2.90. The van der Waals surface area contributed by atoms with E-state index in [9.17, 15) is 22.3 Å². The number of halogens is 2. The van der Waals surface area contributed by atoms with Crippen molar-refractivity contribution in [2.75, 3.05) is 11.5 Å². The first kappa shape index (κ1) is 12.4. The highest BCUT2D eigenvalue weighted by Crippen LogP contribution is 2.28. The zero-order valence-corrected chi connectivity index (χ0v) is 9.80. The van der Waals surface area contributed by atoms with Gasteiger partial charge in [-0.2, -0.15) is 0 Å². The molecule has 3 nitrogen and oxygen atoms in total. The summed E-state index contributed by atoms with van der Waals surface area (Å²) >= 11 is 0. The molecule has 1 heterocycles. The van der Waals surface area contributed by atoms with E-state index in [0.717, 1.165) is 12.1 Å². The number of hydrogen-bond donors (Lipinski definition) is 1. The summed E-state index contributed by atoms with van der Waals surface area (Å²) in [5, 5.41) is 10.0. The molecule has 0 bridgehead atoms. The zero-order valence-electron chi connectivity index (χ0n) is 8.99. The zero-order chi connectivity index (χ0) is 12.7. The van der Waals surface area contributed by atoms with Crippen LogP contribution in [0.5, 0.6) is 0 Å². The van der Waals surface area contributed by atoms with E-state index in [1.807, 2.05) is 0 Å². The lowest BCUT2D eigenvalue weighted by atomic mass is 9.94. The quantitative estimate of drug-likeness (QED) is 0.867. The minimum absolute atomic E-state index is 0.0894. The van der Waals surface area contributed by atoms with Crippen LogP contribution in [-0.2, 0) is 16.3 Å². The molecule has 1 aliphatic rings. The van der Waals surface area contributed by atoms with Crippen LogP contribution in [0.4, 0.5) is 8.78 Å². The Labute approximate surface area is 98.0 Å². The number of benzene rings is 1. The van der Waals surface area contributed by atoms with Crippen LogP contribution in [0.15, 0.2) is 18.2 Å². The Morgan fingerprint density at radius 2 is 2.06 bits per heavy atom. The number of hydrogen-bond acceptors (Lipinski definition) is 3. The number of rotatable bonds is 2. The van der Waals surface area contributed by atoms with Gasteiger partial charge < -0.3 is 5.11 Å². The highest BCUT2D eigenvalue weighted by molar-refractivity contribution is 7.91. The van der Waals surface area contributed by atoms with Gasteiger partial charge in [-0.1, -0.05) is 6.07 Å². The Morgan fingerprint density at radius 3 is 2.59 bits per heavy atom. The molecule has 0 amide bonds. The van der Waals surface area contributed by atoms with E-state index in [4.69, 9.17) is 0 Å². The fourth-order valence-corrected chi connectivity index (χ4v) is 3.96. The van der Waals surface area contributed by atoms with Crippen molar-refractivity contribution >= 4 is 9.84 Å². The van der Waals surface area contributed by atoms with E-state index in [2.05, 4.69) is 0 Å². The molecule has 0 radical (unpaired) electrons. The van der Waals surface area contributed by atoms with Crippen LogP contribution in [-0.4, -0.2) is 30.6 Å². The van der Waals surface area contributed by atoms with Crippen molar-refractivity contribution in [1.29, 1.82) is 0 Å². The van der Waals surface area contributed by atoms with Crippen molar-refractivity contribution in [3.05, 3.63) is 35.4 Å². The molecule has 1 aromatic rings. The van der Waals surface area contributed by atoms with Crippen LogP contribution in [0.25, 0.3) is 0 Å². The Balaban J connectivity index is 2.22. The first-order valence-corrected chi connectivity index (χ1v) is 6.99. The summed E-state index contributed by atoms with van der Waals surface area (Å²) in [4.78, 5) is 0. The van der Waals surface area contributed by atoms with Crippen LogP contribution < -0.4 is 0 Å². The SMILES string of the molecule is O=S1(=O)CCC(O)(Cc2ccc(F)cc2F)C1. The van der Waals surface area contributed by atoms with Crippen LogP contribution in [0, 0.1) is 11.6 Å². The van der Waals surface area contributed by atoms with Crippen molar-refractivity contribution in [1.82, 2.24) is 0 Å². The molecule has 1 fully saturated rings. The molecule has 1 saturated heterocycles. The maximum absolute atomic E-state index is 13.4. The fourth-order valence-electron chi connectivity index (χ4n) is 2.06. The van der Waals surface area contributed by atoms with Gasteiger partial charge in [0.15, 0.2) is 9.84 Å². The molecule has 1 N–H and O–H groups in total. The normalized spacial score (nSPS) is 27.2.